The number of hydrogen-bond acceptors (Lipinski definition) is 4. The molecule has 1 saturated heterocycles. The van der Waals surface area contributed by atoms with Crippen molar-refractivity contribution in [1.82, 2.24) is 9.80 Å². The van der Waals surface area contributed by atoms with E-state index in [1.165, 1.54) is 17.0 Å². The third kappa shape index (κ3) is 2.66. The number of nitriles is 1. The first-order valence-electron chi connectivity index (χ1n) is 5.90. The second-order valence-electron chi connectivity index (χ2n) is 4.57. The number of benzene rings is 1. The Morgan fingerprint density at radius 1 is 1.53 bits per heavy atom. The summed E-state index contributed by atoms with van der Waals surface area (Å²) in [5, 5.41) is 18.2. The molecule has 1 amide bonds. The Bertz CT molecular complexity index is 541. The Hall–Kier alpha value is -2.13. The number of rotatable bonds is 1. The summed E-state index contributed by atoms with van der Waals surface area (Å²) < 4.78 is 13.7. The lowest BCUT2D eigenvalue weighted by Gasteiger charge is -2.36. The van der Waals surface area contributed by atoms with Gasteiger partial charge in [-0.05, 0) is 19.2 Å². The van der Waals surface area contributed by atoms with E-state index in [0.717, 1.165) is 6.07 Å². The van der Waals surface area contributed by atoms with Crippen LogP contribution >= 0.6 is 0 Å². The number of phenolic OH excluding ortho intramolecular Hbond substituents is 1. The molecular weight excluding hydrogens is 249 g/mol. The highest BCUT2D eigenvalue weighted by Gasteiger charge is 2.30. The van der Waals surface area contributed by atoms with E-state index in [9.17, 15) is 9.18 Å². The predicted molar refractivity (Wildman–Crippen MR) is 66.0 cm³/mol. The van der Waals surface area contributed by atoms with Crippen molar-refractivity contribution in [1.29, 1.82) is 5.26 Å². The van der Waals surface area contributed by atoms with E-state index in [-0.39, 0.29) is 11.3 Å². The molecule has 1 aromatic carbocycles. The third-order valence-electron chi connectivity index (χ3n) is 3.18. The van der Waals surface area contributed by atoms with Crippen LogP contribution in [0, 0.1) is 17.1 Å². The van der Waals surface area contributed by atoms with E-state index in [1.807, 2.05) is 11.9 Å². The van der Waals surface area contributed by atoms with Crippen LogP contribution in [0.5, 0.6) is 5.75 Å². The van der Waals surface area contributed by atoms with Crippen molar-refractivity contribution < 1.29 is 14.3 Å². The van der Waals surface area contributed by atoms with Gasteiger partial charge in [-0.1, -0.05) is 0 Å². The van der Waals surface area contributed by atoms with Crippen LogP contribution < -0.4 is 0 Å². The van der Waals surface area contributed by atoms with Crippen molar-refractivity contribution in [2.24, 2.45) is 0 Å². The molecule has 6 heteroatoms. The van der Waals surface area contributed by atoms with Gasteiger partial charge in [-0.2, -0.15) is 5.26 Å². The average Bonchev–Trinajstić information content (AvgIpc) is 2.37. The number of halogens is 1. The highest BCUT2D eigenvalue weighted by molar-refractivity contribution is 5.95. The van der Waals surface area contributed by atoms with Crippen molar-refractivity contribution in [3.05, 3.63) is 29.6 Å². The van der Waals surface area contributed by atoms with Gasteiger partial charge in [0.1, 0.15) is 17.6 Å². The first kappa shape index (κ1) is 13.3. The molecule has 1 N–H and O–H groups in total. The molecule has 19 heavy (non-hydrogen) atoms. The van der Waals surface area contributed by atoms with Crippen LogP contribution in [0.2, 0.25) is 0 Å². The zero-order valence-corrected chi connectivity index (χ0v) is 10.5. The molecule has 1 aliphatic heterocycles. The van der Waals surface area contributed by atoms with Crippen LogP contribution in [0.4, 0.5) is 4.39 Å². The monoisotopic (exact) mass is 263 g/mol. The normalized spacial score (nSPS) is 20.1. The number of likely N-dealkylation sites (N-methyl/N-ethyl adjacent to an activating group) is 1. The van der Waals surface area contributed by atoms with E-state index >= 15 is 0 Å². The maximum absolute atomic E-state index is 13.7. The summed E-state index contributed by atoms with van der Waals surface area (Å²) in [5.74, 6) is -1.53. The largest absolute Gasteiger partial charge is 0.508 e. The minimum Gasteiger partial charge on any atom is -0.508 e. The van der Waals surface area contributed by atoms with Gasteiger partial charge in [0.15, 0.2) is 0 Å². The van der Waals surface area contributed by atoms with Gasteiger partial charge in [-0.25, -0.2) is 4.39 Å². The number of carbonyl (C=O) groups is 1. The summed E-state index contributed by atoms with van der Waals surface area (Å²) >= 11 is 0. The Kier molecular flexibility index (Phi) is 3.67. The Morgan fingerprint density at radius 3 is 2.89 bits per heavy atom. The second-order valence-corrected chi connectivity index (χ2v) is 4.57. The van der Waals surface area contributed by atoms with E-state index < -0.39 is 17.8 Å². The summed E-state index contributed by atoms with van der Waals surface area (Å²) in [5.41, 5.74) is -0.123. The van der Waals surface area contributed by atoms with Crippen molar-refractivity contribution in [3.8, 4) is 11.8 Å². The van der Waals surface area contributed by atoms with Crippen molar-refractivity contribution in [2.45, 2.75) is 6.04 Å². The standard InChI is InChI=1S/C13H14FN3O2/c1-16-4-5-17(9(7-15)8-16)13(19)11-3-2-10(18)6-12(11)14/h2-3,6,9,18H,4-5,8H2,1H3. The lowest BCUT2D eigenvalue weighted by molar-refractivity contribution is 0.0580. The van der Waals surface area contributed by atoms with Crippen LogP contribution in [-0.2, 0) is 0 Å². The van der Waals surface area contributed by atoms with E-state index in [1.54, 1.807) is 0 Å². The molecule has 0 spiro atoms. The number of aromatic hydroxyl groups is 1. The van der Waals surface area contributed by atoms with Crippen LogP contribution in [0.15, 0.2) is 18.2 Å². The van der Waals surface area contributed by atoms with E-state index in [2.05, 4.69) is 6.07 Å². The SMILES string of the molecule is CN1CCN(C(=O)c2ccc(O)cc2F)C(C#N)C1. The zero-order chi connectivity index (χ0) is 14.0. The highest BCUT2D eigenvalue weighted by atomic mass is 19.1. The Morgan fingerprint density at radius 2 is 2.26 bits per heavy atom. The molecular formula is C13H14FN3O2. The molecule has 100 valence electrons. The fourth-order valence-corrected chi connectivity index (χ4v) is 2.11. The smallest absolute Gasteiger partial charge is 0.257 e. The van der Waals surface area contributed by atoms with E-state index in [4.69, 9.17) is 10.4 Å². The molecule has 1 aromatic rings. The highest BCUT2D eigenvalue weighted by Crippen LogP contribution is 2.19. The lowest BCUT2D eigenvalue weighted by atomic mass is 10.1. The molecule has 2 rings (SSSR count). The van der Waals surface area contributed by atoms with Gasteiger partial charge in [0, 0.05) is 25.7 Å². The lowest BCUT2D eigenvalue weighted by Crippen LogP contribution is -2.53. The topological polar surface area (TPSA) is 67.6 Å². The summed E-state index contributed by atoms with van der Waals surface area (Å²) in [7, 11) is 1.87. The molecule has 1 atom stereocenters. The van der Waals surface area contributed by atoms with Gasteiger partial charge in [0.2, 0.25) is 0 Å². The average molecular weight is 263 g/mol. The first-order chi connectivity index (χ1) is 9.02. The number of nitrogens with zero attached hydrogens (tertiary/aromatic N) is 3. The number of amides is 1. The third-order valence-corrected chi connectivity index (χ3v) is 3.18. The predicted octanol–water partition coefficient (Wildman–Crippen LogP) is 0.811. The molecule has 1 heterocycles. The summed E-state index contributed by atoms with van der Waals surface area (Å²) in [6, 6.07) is 4.86. The van der Waals surface area contributed by atoms with Crippen LogP contribution in [-0.4, -0.2) is 53.5 Å². The molecule has 0 aromatic heterocycles. The maximum atomic E-state index is 13.7. The van der Waals surface area contributed by atoms with Gasteiger partial charge in [0.05, 0.1) is 11.6 Å². The first-order valence-corrected chi connectivity index (χ1v) is 5.90. The van der Waals surface area contributed by atoms with Gasteiger partial charge < -0.3 is 14.9 Å². The van der Waals surface area contributed by atoms with Crippen LogP contribution in [0.3, 0.4) is 0 Å². The summed E-state index contributed by atoms with van der Waals surface area (Å²) in [6.07, 6.45) is 0. The van der Waals surface area contributed by atoms with Gasteiger partial charge in [-0.3, -0.25) is 4.79 Å². The fourth-order valence-electron chi connectivity index (χ4n) is 2.11. The van der Waals surface area contributed by atoms with Gasteiger partial charge in [0.25, 0.3) is 5.91 Å². The molecule has 1 aliphatic rings. The quantitative estimate of drug-likeness (QED) is 0.814. The molecule has 1 unspecified atom stereocenters. The zero-order valence-electron chi connectivity index (χ0n) is 10.5. The van der Waals surface area contributed by atoms with Gasteiger partial charge >= 0.3 is 0 Å². The minimum atomic E-state index is -0.777. The number of phenols is 1. The maximum Gasteiger partial charge on any atom is 0.257 e. The molecule has 0 aliphatic carbocycles. The minimum absolute atomic E-state index is 0.123. The van der Waals surface area contributed by atoms with Crippen LogP contribution in [0.25, 0.3) is 0 Å². The molecule has 0 saturated carbocycles. The number of carbonyl (C=O) groups excluding carboxylic acids is 1. The number of piperazine rings is 1. The molecule has 0 radical (unpaired) electrons. The Balaban J connectivity index is 2.26. The Labute approximate surface area is 110 Å². The summed E-state index contributed by atoms with van der Waals surface area (Å²) in [4.78, 5) is 15.6. The van der Waals surface area contributed by atoms with E-state index in [0.29, 0.717) is 19.6 Å². The van der Waals surface area contributed by atoms with Crippen molar-refractivity contribution in [3.63, 3.8) is 0 Å². The van der Waals surface area contributed by atoms with Crippen molar-refractivity contribution >= 4 is 5.91 Å². The molecule has 1 fully saturated rings. The van der Waals surface area contributed by atoms with Gasteiger partial charge in [-0.15, -0.1) is 0 Å². The van der Waals surface area contributed by atoms with Crippen LogP contribution in [0.1, 0.15) is 10.4 Å². The molecule has 0 bridgehead atoms. The number of hydrogen-bond donors (Lipinski definition) is 1. The molecule has 5 nitrogen and oxygen atoms in total. The summed E-state index contributed by atoms with van der Waals surface area (Å²) in [6.45, 7) is 1.47. The second kappa shape index (κ2) is 5.24. The fraction of sp³-hybridized carbons (Fsp3) is 0.385. The van der Waals surface area contributed by atoms with Crippen molar-refractivity contribution in [2.75, 3.05) is 26.7 Å².